The first-order chi connectivity index (χ1) is 7.18. The fraction of sp³-hybridized carbons (Fsp3) is 0.571. The first kappa shape index (κ1) is 13.0. The molecule has 0 saturated heterocycles. The van der Waals surface area contributed by atoms with Crippen molar-refractivity contribution in [2.24, 2.45) is 5.84 Å². The largest absolute Gasteiger partial charge is 0.324 e. The van der Waals surface area contributed by atoms with Gasteiger partial charge in [0.1, 0.15) is 0 Å². The van der Waals surface area contributed by atoms with Crippen LogP contribution < -0.4 is 11.3 Å². The van der Waals surface area contributed by atoms with E-state index in [2.05, 4.69) is 65.2 Å². The fourth-order valence-electron chi connectivity index (χ4n) is 1.96. The minimum Gasteiger partial charge on any atom is -0.324 e. The minimum atomic E-state index is 0.100. The summed E-state index contributed by atoms with van der Waals surface area (Å²) in [5.74, 6) is 5.69. The molecule has 0 amide bonds. The summed E-state index contributed by atoms with van der Waals surface area (Å²) in [6, 6.07) is 6.40. The van der Waals surface area contributed by atoms with Crippen molar-refractivity contribution in [3.05, 3.63) is 29.3 Å². The SMILES string of the molecule is CC(C)(C)c1cccc(C(C)(C)C)c1NN. The number of anilines is 1. The quantitative estimate of drug-likeness (QED) is 0.561. The van der Waals surface area contributed by atoms with E-state index in [9.17, 15) is 0 Å². The number of benzene rings is 1. The van der Waals surface area contributed by atoms with Gasteiger partial charge in [0, 0.05) is 0 Å². The van der Waals surface area contributed by atoms with Gasteiger partial charge >= 0.3 is 0 Å². The molecule has 0 unspecified atom stereocenters. The lowest BCUT2D eigenvalue weighted by molar-refractivity contribution is 0.571. The molecule has 0 radical (unpaired) electrons. The van der Waals surface area contributed by atoms with E-state index in [1.807, 2.05) is 0 Å². The van der Waals surface area contributed by atoms with Gasteiger partial charge in [-0.1, -0.05) is 59.7 Å². The molecular formula is C14H24N2. The van der Waals surface area contributed by atoms with E-state index in [0.717, 1.165) is 5.69 Å². The molecule has 90 valence electrons. The Labute approximate surface area is 99.2 Å². The Hall–Kier alpha value is -1.02. The third-order valence-electron chi connectivity index (χ3n) is 2.82. The monoisotopic (exact) mass is 220 g/mol. The highest BCUT2D eigenvalue weighted by atomic mass is 15.2. The highest BCUT2D eigenvalue weighted by Gasteiger charge is 2.24. The zero-order valence-corrected chi connectivity index (χ0v) is 11.3. The van der Waals surface area contributed by atoms with E-state index in [-0.39, 0.29) is 10.8 Å². The van der Waals surface area contributed by atoms with Crippen molar-refractivity contribution in [3.63, 3.8) is 0 Å². The van der Waals surface area contributed by atoms with Crippen LogP contribution in [0.15, 0.2) is 18.2 Å². The minimum absolute atomic E-state index is 0.100. The first-order valence-corrected chi connectivity index (χ1v) is 5.78. The van der Waals surface area contributed by atoms with Crippen LogP contribution in [0, 0.1) is 0 Å². The molecule has 0 spiro atoms. The molecule has 0 atom stereocenters. The van der Waals surface area contributed by atoms with E-state index < -0.39 is 0 Å². The molecule has 2 heteroatoms. The average molecular weight is 220 g/mol. The normalized spacial score (nSPS) is 12.7. The van der Waals surface area contributed by atoms with Crippen LogP contribution in [-0.4, -0.2) is 0 Å². The summed E-state index contributed by atoms with van der Waals surface area (Å²) < 4.78 is 0. The Bertz CT molecular complexity index is 335. The fourth-order valence-corrected chi connectivity index (χ4v) is 1.96. The number of nitrogens with two attached hydrogens (primary N) is 1. The summed E-state index contributed by atoms with van der Waals surface area (Å²) in [6.45, 7) is 13.2. The molecule has 0 heterocycles. The van der Waals surface area contributed by atoms with Gasteiger partial charge in [-0.2, -0.15) is 0 Å². The van der Waals surface area contributed by atoms with Crippen LogP contribution in [0.1, 0.15) is 52.7 Å². The number of hydrazine groups is 1. The van der Waals surface area contributed by atoms with Gasteiger partial charge in [-0.25, -0.2) is 0 Å². The topological polar surface area (TPSA) is 38.0 Å². The molecule has 0 fully saturated rings. The van der Waals surface area contributed by atoms with Crippen LogP contribution in [0.3, 0.4) is 0 Å². The molecule has 0 bridgehead atoms. The summed E-state index contributed by atoms with van der Waals surface area (Å²) in [5.41, 5.74) is 6.68. The van der Waals surface area contributed by atoms with Gasteiger partial charge in [0.05, 0.1) is 5.69 Å². The second-order valence-corrected chi connectivity index (χ2v) is 6.37. The third kappa shape index (κ3) is 2.56. The predicted octanol–water partition coefficient (Wildman–Crippen LogP) is 3.57. The maximum atomic E-state index is 5.69. The zero-order chi connectivity index (χ0) is 12.6. The van der Waals surface area contributed by atoms with Crippen molar-refractivity contribution in [3.8, 4) is 0 Å². The van der Waals surface area contributed by atoms with Crippen molar-refractivity contribution >= 4 is 5.69 Å². The van der Waals surface area contributed by atoms with Crippen LogP contribution >= 0.6 is 0 Å². The second kappa shape index (κ2) is 4.10. The zero-order valence-electron chi connectivity index (χ0n) is 11.3. The molecular weight excluding hydrogens is 196 g/mol. The van der Waals surface area contributed by atoms with Gasteiger partial charge in [0.25, 0.3) is 0 Å². The maximum Gasteiger partial charge on any atom is 0.0559 e. The van der Waals surface area contributed by atoms with Crippen LogP contribution in [0.25, 0.3) is 0 Å². The van der Waals surface area contributed by atoms with Crippen LogP contribution in [0.5, 0.6) is 0 Å². The summed E-state index contributed by atoms with van der Waals surface area (Å²) in [7, 11) is 0. The molecule has 3 N–H and O–H groups in total. The van der Waals surface area contributed by atoms with E-state index in [0.29, 0.717) is 0 Å². The molecule has 0 aromatic heterocycles. The van der Waals surface area contributed by atoms with Gasteiger partial charge < -0.3 is 5.43 Å². The van der Waals surface area contributed by atoms with E-state index in [1.165, 1.54) is 11.1 Å². The van der Waals surface area contributed by atoms with Crippen LogP contribution in [0.4, 0.5) is 5.69 Å². The molecule has 1 rings (SSSR count). The van der Waals surface area contributed by atoms with Crippen molar-refractivity contribution in [2.75, 3.05) is 5.43 Å². The molecule has 0 aliphatic carbocycles. The lowest BCUT2D eigenvalue weighted by Crippen LogP contribution is -2.23. The highest BCUT2D eigenvalue weighted by Crippen LogP contribution is 2.36. The Kier molecular flexibility index (Phi) is 3.34. The number of rotatable bonds is 1. The van der Waals surface area contributed by atoms with Gasteiger partial charge in [-0.3, -0.25) is 5.84 Å². The molecule has 2 nitrogen and oxygen atoms in total. The Morgan fingerprint density at radius 3 is 1.50 bits per heavy atom. The number of para-hydroxylation sites is 1. The van der Waals surface area contributed by atoms with E-state index in [4.69, 9.17) is 5.84 Å². The molecule has 1 aromatic carbocycles. The van der Waals surface area contributed by atoms with Crippen molar-refractivity contribution in [1.29, 1.82) is 0 Å². The standard InChI is InChI=1S/C14H24N2/c1-13(2,3)10-8-7-9-11(12(10)16-15)14(4,5)6/h7-9,16H,15H2,1-6H3. The molecule has 0 aliphatic rings. The third-order valence-corrected chi connectivity index (χ3v) is 2.82. The molecule has 16 heavy (non-hydrogen) atoms. The predicted molar refractivity (Wildman–Crippen MR) is 71.7 cm³/mol. The lowest BCUT2D eigenvalue weighted by atomic mass is 9.79. The Morgan fingerprint density at radius 1 is 0.875 bits per heavy atom. The smallest absolute Gasteiger partial charge is 0.0559 e. The van der Waals surface area contributed by atoms with Gasteiger partial charge in [0.2, 0.25) is 0 Å². The summed E-state index contributed by atoms with van der Waals surface area (Å²) in [5, 5.41) is 0. The molecule has 0 aliphatic heterocycles. The van der Waals surface area contributed by atoms with Crippen LogP contribution in [-0.2, 0) is 10.8 Å². The Morgan fingerprint density at radius 2 is 1.25 bits per heavy atom. The number of nitrogens with one attached hydrogen (secondary N) is 1. The summed E-state index contributed by atoms with van der Waals surface area (Å²) in [4.78, 5) is 0. The van der Waals surface area contributed by atoms with Crippen molar-refractivity contribution in [2.45, 2.75) is 52.4 Å². The Balaban J connectivity index is 3.45. The number of hydrogen-bond donors (Lipinski definition) is 2. The summed E-state index contributed by atoms with van der Waals surface area (Å²) in [6.07, 6.45) is 0. The van der Waals surface area contributed by atoms with Gasteiger partial charge in [-0.05, 0) is 22.0 Å². The summed E-state index contributed by atoms with van der Waals surface area (Å²) >= 11 is 0. The first-order valence-electron chi connectivity index (χ1n) is 5.78. The van der Waals surface area contributed by atoms with E-state index in [1.54, 1.807) is 0 Å². The van der Waals surface area contributed by atoms with Gasteiger partial charge in [0.15, 0.2) is 0 Å². The van der Waals surface area contributed by atoms with Crippen molar-refractivity contribution in [1.82, 2.24) is 0 Å². The van der Waals surface area contributed by atoms with Crippen molar-refractivity contribution < 1.29 is 0 Å². The lowest BCUT2D eigenvalue weighted by Gasteiger charge is -2.29. The van der Waals surface area contributed by atoms with Gasteiger partial charge in [-0.15, -0.1) is 0 Å². The highest BCUT2D eigenvalue weighted by molar-refractivity contribution is 5.61. The maximum absolute atomic E-state index is 5.69. The van der Waals surface area contributed by atoms with Crippen LogP contribution in [0.2, 0.25) is 0 Å². The number of hydrogen-bond acceptors (Lipinski definition) is 2. The average Bonchev–Trinajstić information content (AvgIpc) is 2.13. The number of nitrogen functional groups attached to an aromatic ring is 1. The molecule has 0 saturated carbocycles. The molecule has 1 aromatic rings. The second-order valence-electron chi connectivity index (χ2n) is 6.37. The van der Waals surface area contributed by atoms with E-state index >= 15 is 0 Å².